The van der Waals surface area contributed by atoms with Crippen molar-refractivity contribution in [2.24, 2.45) is 0 Å². The number of hydrogen-bond acceptors (Lipinski definition) is 3. The molecule has 2 unspecified atom stereocenters. The highest BCUT2D eigenvalue weighted by Gasteiger charge is 2.20. The van der Waals surface area contributed by atoms with Crippen molar-refractivity contribution < 1.29 is 5.11 Å². The second kappa shape index (κ2) is 5.30. The van der Waals surface area contributed by atoms with Crippen molar-refractivity contribution in [3.63, 3.8) is 0 Å². The highest BCUT2D eigenvalue weighted by molar-refractivity contribution is 4.78. The molecule has 0 saturated carbocycles. The SMILES string of the molecule is C=CCN(C)C(C(C)O)N(C)C. The first-order chi connectivity index (χ1) is 5.50. The summed E-state index contributed by atoms with van der Waals surface area (Å²) in [6.45, 7) is 6.24. The third-order valence-electron chi connectivity index (χ3n) is 1.83. The normalized spacial score (nSPS) is 16.6. The fourth-order valence-electron chi connectivity index (χ4n) is 1.51. The second-order valence-corrected chi connectivity index (χ2v) is 3.35. The van der Waals surface area contributed by atoms with Gasteiger partial charge in [0.15, 0.2) is 0 Å². The molecule has 0 aliphatic rings. The van der Waals surface area contributed by atoms with Crippen molar-refractivity contribution >= 4 is 0 Å². The molecule has 0 bridgehead atoms. The fourth-order valence-corrected chi connectivity index (χ4v) is 1.51. The summed E-state index contributed by atoms with van der Waals surface area (Å²) in [5, 5.41) is 9.46. The fraction of sp³-hybridized carbons (Fsp3) is 0.778. The average Bonchev–Trinajstić information content (AvgIpc) is 1.85. The van der Waals surface area contributed by atoms with Crippen molar-refractivity contribution in [2.45, 2.75) is 19.2 Å². The third-order valence-corrected chi connectivity index (χ3v) is 1.83. The molecule has 0 aromatic rings. The van der Waals surface area contributed by atoms with Crippen LogP contribution in [0.5, 0.6) is 0 Å². The molecule has 0 heterocycles. The van der Waals surface area contributed by atoms with Gasteiger partial charge in [0, 0.05) is 6.54 Å². The van der Waals surface area contributed by atoms with Gasteiger partial charge in [-0.15, -0.1) is 6.58 Å². The summed E-state index contributed by atoms with van der Waals surface area (Å²) in [4.78, 5) is 4.05. The summed E-state index contributed by atoms with van der Waals surface area (Å²) in [5.41, 5.74) is 0. The molecule has 1 N–H and O–H groups in total. The number of likely N-dealkylation sites (N-methyl/N-ethyl adjacent to an activating group) is 2. The predicted molar refractivity (Wildman–Crippen MR) is 52.0 cm³/mol. The van der Waals surface area contributed by atoms with Crippen LogP contribution in [0.1, 0.15) is 6.92 Å². The molecule has 0 aliphatic heterocycles. The summed E-state index contributed by atoms with van der Waals surface area (Å²) >= 11 is 0. The molecule has 0 amide bonds. The zero-order chi connectivity index (χ0) is 9.72. The lowest BCUT2D eigenvalue weighted by molar-refractivity contribution is 0.00151. The van der Waals surface area contributed by atoms with E-state index in [0.29, 0.717) is 0 Å². The molecule has 3 nitrogen and oxygen atoms in total. The van der Waals surface area contributed by atoms with E-state index in [2.05, 4.69) is 11.5 Å². The molecule has 0 saturated heterocycles. The Morgan fingerprint density at radius 2 is 1.92 bits per heavy atom. The van der Waals surface area contributed by atoms with E-state index in [0.717, 1.165) is 6.54 Å². The van der Waals surface area contributed by atoms with Crippen LogP contribution in [0.2, 0.25) is 0 Å². The van der Waals surface area contributed by atoms with E-state index in [-0.39, 0.29) is 12.3 Å². The lowest BCUT2D eigenvalue weighted by atomic mass is 10.2. The number of hydrogen-bond donors (Lipinski definition) is 1. The summed E-state index contributed by atoms with van der Waals surface area (Å²) in [5.74, 6) is 0. The quantitative estimate of drug-likeness (QED) is 0.479. The molecule has 2 atom stereocenters. The van der Waals surface area contributed by atoms with Gasteiger partial charge in [0.05, 0.1) is 12.3 Å². The summed E-state index contributed by atoms with van der Waals surface area (Å²) in [6, 6.07) is 0. The summed E-state index contributed by atoms with van der Waals surface area (Å²) in [7, 11) is 5.88. The predicted octanol–water partition coefficient (Wildman–Crippen LogP) is 0.373. The molecule has 3 heteroatoms. The summed E-state index contributed by atoms with van der Waals surface area (Å²) in [6.07, 6.45) is 1.53. The van der Waals surface area contributed by atoms with Crippen LogP contribution in [-0.2, 0) is 0 Å². The standard InChI is InChI=1S/C9H20N2O/c1-6-7-11(5)9(8(2)12)10(3)4/h6,8-9,12H,1,7H2,2-5H3. The molecule has 72 valence electrons. The van der Waals surface area contributed by atoms with Crippen LogP contribution in [0.3, 0.4) is 0 Å². The zero-order valence-corrected chi connectivity index (χ0v) is 8.49. The minimum Gasteiger partial charge on any atom is -0.390 e. The van der Waals surface area contributed by atoms with Crippen LogP contribution < -0.4 is 0 Å². The Hall–Kier alpha value is -0.380. The van der Waals surface area contributed by atoms with E-state index in [1.165, 1.54) is 0 Å². The van der Waals surface area contributed by atoms with E-state index in [4.69, 9.17) is 0 Å². The van der Waals surface area contributed by atoms with E-state index in [1.54, 1.807) is 6.92 Å². The topological polar surface area (TPSA) is 26.7 Å². The number of aliphatic hydroxyl groups excluding tert-OH is 1. The lowest BCUT2D eigenvalue weighted by Gasteiger charge is -2.34. The minimum atomic E-state index is -0.357. The second-order valence-electron chi connectivity index (χ2n) is 3.35. The number of aliphatic hydroxyl groups is 1. The Bertz CT molecular complexity index is 126. The Balaban J connectivity index is 4.18. The van der Waals surface area contributed by atoms with Gasteiger partial charge in [0.1, 0.15) is 0 Å². The molecule has 0 rings (SSSR count). The Kier molecular flexibility index (Phi) is 5.13. The number of rotatable bonds is 5. The first kappa shape index (κ1) is 11.6. The molecule has 0 aromatic heterocycles. The van der Waals surface area contributed by atoms with Gasteiger partial charge in [-0.05, 0) is 28.1 Å². The van der Waals surface area contributed by atoms with Gasteiger partial charge in [0.25, 0.3) is 0 Å². The molecule has 0 spiro atoms. The first-order valence-corrected chi connectivity index (χ1v) is 4.16. The van der Waals surface area contributed by atoms with E-state index in [1.807, 2.05) is 32.1 Å². The highest BCUT2D eigenvalue weighted by Crippen LogP contribution is 2.04. The minimum absolute atomic E-state index is 0.0583. The maximum atomic E-state index is 9.46. The highest BCUT2D eigenvalue weighted by atomic mass is 16.3. The summed E-state index contributed by atoms with van der Waals surface area (Å²) < 4.78 is 0. The maximum absolute atomic E-state index is 9.46. The van der Waals surface area contributed by atoms with E-state index < -0.39 is 0 Å². The van der Waals surface area contributed by atoms with Crippen LogP contribution in [0.15, 0.2) is 12.7 Å². The zero-order valence-electron chi connectivity index (χ0n) is 8.49. The van der Waals surface area contributed by atoms with Gasteiger partial charge >= 0.3 is 0 Å². The largest absolute Gasteiger partial charge is 0.390 e. The van der Waals surface area contributed by atoms with Gasteiger partial charge < -0.3 is 5.11 Å². The molecule has 0 fully saturated rings. The van der Waals surface area contributed by atoms with Crippen LogP contribution in [0.4, 0.5) is 0 Å². The smallest absolute Gasteiger partial charge is 0.0882 e. The van der Waals surface area contributed by atoms with Crippen LogP contribution in [0.25, 0.3) is 0 Å². The Labute approximate surface area is 75.3 Å². The Morgan fingerprint density at radius 3 is 2.17 bits per heavy atom. The number of nitrogens with zero attached hydrogens (tertiary/aromatic N) is 2. The molecule has 12 heavy (non-hydrogen) atoms. The van der Waals surface area contributed by atoms with Gasteiger partial charge in [-0.25, -0.2) is 0 Å². The van der Waals surface area contributed by atoms with Crippen molar-refractivity contribution in [2.75, 3.05) is 27.7 Å². The van der Waals surface area contributed by atoms with Gasteiger partial charge in [-0.3, -0.25) is 9.80 Å². The van der Waals surface area contributed by atoms with Crippen molar-refractivity contribution in [1.29, 1.82) is 0 Å². The van der Waals surface area contributed by atoms with Crippen LogP contribution in [-0.4, -0.2) is 54.9 Å². The Morgan fingerprint density at radius 1 is 1.42 bits per heavy atom. The maximum Gasteiger partial charge on any atom is 0.0882 e. The van der Waals surface area contributed by atoms with Gasteiger partial charge in [0.2, 0.25) is 0 Å². The van der Waals surface area contributed by atoms with Crippen molar-refractivity contribution in [3.8, 4) is 0 Å². The third kappa shape index (κ3) is 3.34. The van der Waals surface area contributed by atoms with E-state index >= 15 is 0 Å². The molecule has 0 radical (unpaired) electrons. The van der Waals surface area contributed by atoms with Crippen LogP contribution >= 0.6 is 0 Å². The van der Waals surface area contributed by atoms with Crippen molar-refractivity contribution in [3.05, 3.63) is 12.7 Å². The van der Waals surface area contributed by atoms with Crippen molar-refractivity contribution in [1.82, 2.24) is 9.80 Å². The van der Waals surface area contributed by atoms with E-state index in [9.17, 15) is 5.11 Å². The van der Waals surface area contributed by atoms with Crippen LogP contribution in [0, 0.1) is 0 Å². The molecular formula is C9H20N2O. The van der Waals surface area contributed by atoms with Gasteiger partial charge in [-0.2, -0.15) is 0 Å². The molecule has 0 aromatic carbocycles. The monoisotopic (exact) mass is 172 g/mol. The average molecular weight is 172 g/mol. The molecule has 0 aliphatic carbocycles. The first-order valence-electron chi connectivity index (χ1n) is 4.16. The van der Waals surface area contributed by atoms with Gasteiger partial charge in [-0.1, -0.05) is 6.08 Å². The molecular weight excluding hydrogens is 152 g/mol. The lowest BCUT2D eigenvalue weighted by Crippen LogP contribution is -2.49.